The fourth-order valence-electron chi connectivity index (χ4n) is 1.99. The summed E-state index contributed by atoms with van der Waals surface area (Å²) in [6.45, 7) is 2.07. The van der Waals surface area contributed by atoms with Crippen LogP contribution in [0.25, 0.3) is 11.0 Å². The number of hydrogen-bond donors (Lipinski definition) is 3. The van der Waals surface area contributed by atoms with E-state index in [1.54, 1.807) is 6.20 Å². The third-order valence-corrected chi connectivity index (χ3v) is 2.98. The molecular weight excluding hydrogens is 240 g/mol. The van der Waals surface area contributed by atoms with Gasteiger partial charge in [0.05, 0.1) is 11.6 Å². The molecule has 2 heterocycles. The molecule has 0 saturated heterocycles. The van der Waals surface area contributed by atoms with E-state index in [4.69, 9.17) is 5.73 Å². The molecule has 2 aromatic heterocycles. The Balaban J connectivity index is 1.95. The summed E-state index contributed by atoms with van der Waals surface area (Å²) in [5, 5.41) is 10.9. The SMILES string of the molecule is C[C@H](Nc1nc(N)nc2[nH]ncc12)c1ccccc1. The van der Waals surface area contributed by atoms with Crippen molar-refractivity contribution in [3.8, 4) is 0 Å². The molecule has 0 aliphatic heterocycles. The van der Waals surface area contributed by atoms with Gasteiger partial charge < -0.3 is 11.1 Å². The van der Waals surface area contributed by atoms with Crippen molar-refractivity contribution in [1.82, 2.24) is 20.2 Å². The molecule has 3 rings (SSSR count). The average molecular weight is 254 g/mol. The van der Waals surface area contributed by atoms with Gasteiger partial charge >= 0.3 is 0 Å². The molecule has 4 N–H and O–H groups in total. The zero-order valence-corrected chi connectivity index (χ0v) is 10.5. The number of nitrogens with zero attached hydrogens (tertiary/aromatic N) is 3. The van der Waals surface area contributed by atoms with E-state index in [0.717, 1.165) is 5.39 Å². The molecule has 6 nitrogen and oxygen atoms in total. The topological polar surface area (TPSA) is 92.5 Å². The van der Waals surface area contributed by atoms with E-state index in [-0.39, 0.29) is 12.0 Å². The van der Waals surface area contributed by atoms with Gasteiger partial charge in [0.25, 0.3) is 0 Å². The van der Waals surface area contributed by atoms with Crippen molar-refractivity contribution >= 4 is 22.8 Å². The number of nitrogens with one attached hydrogen (secondary N) is 2. The molecule has 0 spiro atoms. The molecule has 19 heavy (non-hydrogen) atoms. The Morgan fingerprint density at radius 1 is 1.21 bits per heavy atom. The largest absolute Gasteiger partial charge is 0.368 e. The Morgan fingerprint density at radius 2 is 2.00 bits per heavy atom. The van der Waals surface area contributed by atoms with Crippen LogP contribution in [-0.4, -0.2) is 20.2 Å². The Labute approximate surface area is 110 Å². The quantitative estimate of drug-likeness (QED) is 0.665. The Bertz CT molecular complexity index is 691. The second-order valence-electron chi connectivity index (χ2n) is 4.34. The van der Waals surface area contributed by atoms with Crippen LogP contribution in [0.3, 0.4) is 0 Å². The summed E-state index contributed by atoms with van der Waals surface area (Å²) >= 11 is 0. The fourth-order valence-corrected chi connectivity index (χ4v) is 1.99. The Hall–Kier alpha value is -2.63. The molecule has 3 aromatic rings. The molecule has 0 bridgehead atoms. The third kappa shape index (κ3) is 2.20. The van der Waals surface area contributed by atoms with Gasteiger partial charge in [0.1, 0.15) is 5.82 Å². The molecule has 0 unspecified atom stereocenters. The third-order valence-electron chi connectivity index (χ3n) is 2.98. The first-order valence-corrected chi connectivity index (χ1v) is 6.02. The minimum absolute atomic E-state index is 0.119. The number of fused-ring (bicyclic) bond motifs is 1. The summed E-state index contributed by atoms with van der Waals surface area (Å²) < 4.78 is 0. The van der Waals surface area contributed by atoms with E-state index in [0.29, 0.717) is 11.5 Å². The zero-order valence-electron chi connectivity index (χ0n) is 10.5. The molecule has 0 radical (unpaired) electrons. The monoisotopic (exact) mass is 254 g/mol. The van der Waals surface area contributed by atoms with Gasteiger partial charge in [-0.1, -0.05) is 30.3 Å². The van der Waals surface area contributed by atoms with Crippen molar-refractivity contribution in [2.75, 3.05) is 11.1 Å². The van der Waals surface area contributed by atoms with Crippen LogP contribution in [0.5, 0.6) is 0 Å². The van der Waals surface area contributed by atoms with Crippen LogP contribution in [0.15, 0.2) is 36.5 Å². The van der Waals surface area contributed by atoms with Crippen LogP contribution in [0.2, 0.25) is 0 Å². The molecule has 96 valence electrons. The number of hydrogen-bond acceptors (Lipinski definition) is 5. The molecule has 0 saturated carbocycles. The molecule has 1 aromatic carbocycles. The van der Waals surface area contributed by atoms with Crippen molar-refractivity contribution in [3.05, 3.63) is 42.1 Å². The number of benzene rings is 1. The zero-order chi connectivity index (χ0) is 13.2. The molecule has 0 aliphatic carbocycles. The highest BCUT2D eigenvalue weighted by molar-refractivity contribution is 5.86. The minimum atomic E-state index is 0.119. The van der Waals surface area contributed by atoms with Crippen LogP contribution in [0, 0.1) is 0 Å². The number of anilines is 2. The van der Waals surface area contributed by atoms with Crippen LogP contribution in [0.1, 0.15) is 18.5 Å². The molecule has 0 amide bonds. The van der Waals surface area contributed by atoms with Gasteiger partial charge in [-0.05, 0) is 12.5 Å². The average Bonchev–Trinajstić information content (AvgIpc) is 2.88. The molecule has 6 heteroatoms. The van der Waals surface area contributed by atoms with Crippen molar-refractivity contribution in [1.29, 1.82) is 0 Å². The highest BCUT2D eigenvalue weighted by Gasteiger charge is 2.11. The Kier molecular flexibility index (Phi) is 2.75. The number of nitrogen functional groups attached to an aromatic ring is 1. The van der Waals surface area contributed by atoms with E-state index in [1.807, 2.05) is 18.2 Å². The number of rotatable bonds is 3. The number of H-pyrrole nitrogens is 1. The summed E-state index contributed by atoms with van der Waals surface area (Å²) in [6.07, 6.45) is 1.69. The summed E-state index contributed by atoms with van der Waals surface area (Å²) in [5.41, 5.74) is 7.50. The first-order valence-electron chi connectivity index (χ1n) is 6.02. The second-order valence-corrected chi connectivity index (χ2v) is 4.34. The van der Waals surface area contributed by atoms with Crippen molar-refractivity contribution in [2.24, 2.45) is 0 Å². The molecule has 0 fully saturated rings. The first-order chi connectivity index (χ1) is 9.24. The van der Waals surface area contributed by atoms with Gasteiger partial charge in [0.15, 0.2) is 5.65 Å². The van der Waals surface area contributed by atoms with Gasteiger partial charge in [-0.25, -0.2) is 0 Å². The maximum atomic E-state index is 5.69. The lowest BCUT2D eigenvalue weighted by molar-refractivity contribution is 0.877. The lowest BCUT2D eigenvalue weighted by Gasteiger charge is -2.15. The first kappa shape index (κ1) is 11.5. The van der Waals surface area contributed by atoms with E-state index in [2.05, 4.69) is 44.5 Å². The number of aromatic nitrogens is 4. The summed E-state index contributed by atoms with van der Waals surface area (Å²) in [7, 11) is 0. The van der Waals surface area contributed by atoms with Gasteiger partial charge in [-0.3, -0.25) is 5.10 Å². The highest BCUT2D eigenvalue weighted by atomic mass is 15.2. The van der Waals surface area contributed by atoms with Crippen LogP contribution in [0.4, 0.5) is 11.8 Å². The van der Waals surface area contributed by atoms with Gasteiger partial charge in [-0.2, -0.15) is 15.1 Å². The van der Waals surface area contributed by atoms with E-state index >= 15 is 0 Å². The van der Waals surface area contributed by atoms with Crippen molar-refractivity contribution in [2.45, 2.75) is 13.0 Å². The molecule has 1 atom stereocenters. The summed E-state index contributed by atoms with van der Waals surface area (Å²) in [6, 6.07) is 10.3. The van der Waals surface area contributed by atoms with Crippen molar-refractivity contribution in [3.63, 3.8) is 0 Å². The number of aromatic amines is 1. The van der Waals surface area contributed by atoms with E-state index in [1.165, 1.54) is 5.56 Å². The highest BCUT2D eigenvalue weighted by Crippen LogP contribution is 2.23. The van der Waals surface area contributed by atoms with Crippen molar-refractivity contribution < 1.29 is 0 Å². The summed E-state index contributed by atoms with van der Waals surface area (Å²) in [4.78, 5) is 8.32. The maximum absolute atomic E-state index is 5.69. The van der Waals surface area contributed by atoms with Crippen LogP contribution >= 0.6 is 0 Å². The predicted molar refractivity (Wildman–Crippen MR) is 74.6 cm³/mol. The fraction of sp³-hybridized carbons (Fsp3) is 0.154. The van der Waals surface area contributed by atoms with Gasteiger partial charge in [-0.15, -0.1) is 0 Å². The Morgan fingerprint density at radius 3 is 2.79 bits per heavy atom. The lowest BCUT2D eigenvalue weighted by atomic mass is 10.1. The predicted octanol–water partition coefficient (Wildman–Crippen LogP) is 2.11. The normalized spacial score (nSPS) is 12.5. The number of nitrogens with two attached hydrogens (primary N) is 1. The second kappa shape index (κ2) is 4.56. The minimum Gasteiger partial charge on any atom is -0.368 e. The lowest BCUT2D eigenvalue weighted by Crippen LogP contribution is -2.09. The maximum Gasteiger partial charge on any atom is 0.224 e. The molecule has 0 aliphatic rings. The van der Waals surface area contributed by atoms with E-state index in [9.17, 15) is 0 Å². The van der Waals surface area contributed by atoms with Gasteiger partial charge in [0.2, 0.25) is 5.95 Å². The summed E-state index contributed by atoms with van der Waals surface area (Å²) in [5.74, 6) is 0.909. The molecular formula is C13H14N6. The van der Waals surface area contributed by atoms with E-state index < -0.39 is 0 Å². The van der Waals surface area contributed by atoms with Gasteiger partial charge in [0, 0.05) is 6.04 Å². The van der Waals surface area contributed by atoms with Crippen LogP contribution in [-0.2, 0) is 0 Å². The smallest absolute Gasteiger partial charge is 0.224 e. The standard InChI is InChI=1S/C13H14N6/c1-8(9-5-3-2-4-6-9)16-11-10-7-15-19-12(10)18-13(14)17-11/h2-8H,1H3,(H4,14,15,16,17,18,19)/t8-/m0/s1. The van der Waals surface area contributed by atoms with Crippen LogP contribution < -0.4 is 11.1 Å².